The largest absolute Gasteiger partial charge is 0.505 e. The van der Waals surface area contributed by atoms with Crippen molar-refractivity contribution in [3.8, 4) is 23.0 Å². The molecule has 0 bridgehead atoms. The van der Waals surface area contributed by atoms with Crippen LogP contribution in [0.5, 0.6) is 23.0 Å². The van der Waals surface area contributed by atoms with E-state index in [-0.39, 0.29) is 5.75 Å². The third kappa shape index (κ3) is 4.22. The summed E-state index contributed by atoms with van der Waals surface area (Å²) in [6.45, 7) is 3.83. The van der Waals surface area contributed by atoms with E-state index in [1.807, 2.05) is 68.4 Å². The average Bonchev–Trinajstić information content (AvgIpc) is 2.82. The van der Waals surface area contributed by atoms with Crippen molar-refractivity contribution in [2.75, 3.05) is 26.6 Å². The van der Waals surface area contributed by atoms with Gasteiger partial charge in [0, 0.05) is 27.9 Å². The van der Waals surface area contributed by atoms with Gasteiger partial charge in [0.25, 0.3) is 0 Å². The molecule has 0 aliphatic carbocycles. The maximum absolute atomic E-state index is 11.3. The molecule has 1 unspecified atom stereocenters. The number of hydrogen-bond acceptors (Lipinski definition) is 7. The number of benzene rings is 2. The standard InChI is InChI=1S/C26H27N3O4/c1-15-7-6-8-21(27-15)29-23(19-13-14-20(31-3)26(33-5)25(19)32-4)18-12-11-17-10-9-16(2)28-22(17)24(18)30/h6-14,23,30H,1-5H3,(H,27,29). The molecule has 4 rings (SSSR count). The molecular weight excluding hydrogens is 418 g/mol. The number of phenolic OH excluding ortho intramolecular Hbond substituents is 1. The molecule has 0 spiro atoms. The maximum atomic E-state index is 11.3. The van der Waals surface area contributed by atoms with Crippen molar-refractivity contribution in [1.82, 2.24) is 9.97 Å². The van der Waals surface area contributed by atoms with Gasteiger partial charge in [0.05, 0.1) is 27.4 Å². The number of aromatic hydroxyl groups is 1. The van der Waals surface area contributed by atoms with Crippen LogP contribution in [0.1, 0.15) is 28.6 Å². The molecule has 1 atom stereocenters. The summed E-state index contributed by atoms with van der Waals surface area (Å²) in [5.41, 5.74) is 3.62. The van der Waals surface area contributed by atoms with Crippen molar-refractivity contribution in [3.05, 3.63) is 77.1 Å². The van der Waals surface area contributed by atoms with Crippen LogP contribution in [0.15, 0.2) is 54.6 Å². The zero-order valence-corrected chi connectivity index (χ0v) is 19.3. The van der Waals surface area contributed by atoms with Gasteiger partial charge in [0.2, 0.25) is 5.75 Å². The number of methoxy groups -OCH3 is 3. The summed E-state index contributed by atoms with van der Waals surface area (Å²) in [7, 11) is 4.72. The topological polar surface area (TPSA) is 85.7 Å². The minimum absolute atomic E-state index is 0.0955. The minimum atomic E-state index is -0.513. The van der Waals surface area contributed by atoms with Crippen LogP contribution in [-0.2, 0) is 0 Å². The second-order valence-corrected chi connectivity index (χ2v) is 7.69. The quantitative estimate of drug-likeness (QED) is 0.405. The fourth-order valence-electron chi connectivity index (χ4n) is 3.97. The number of nitrogens with zero attached hydrogens (tertiary/aromatic N) is 2. The molecule has 7 nitrogen and oxygen atoms in total. The van der Waals surface area contributed by atoms with Crippen molar-refractivity contribution in [1.29, 1.82) is 0 Å². The number of nitrogens with one attached hydrogen (secondary N) is 1. The van der Waals surface area contributed by atoms with Crippen LogP contribution in [-0.4, -0.2) is 36.4 Å². The van der Waals surface area contributed by atoms with Gasteiger partial charge in [-0.25, -0.2) is 9.97 Å². The molecule has 2 aromatic carbocycles. The van der Waals surface area contributed by atoms with Crippen LogP contribution < -0.4 is 19.5 Å². The van der Waals surface area contributed by atoms with Gasteiger partial charge in [0.1, 0.15) is 17.1 Å². The van der Waals surface area contributed by atoms with Crippen LogP contribution in [0.25, 0.3) is 10.9 Å². The van der Waals surface area contributed by atoms with Gasteiger partial charge in [-0.2, -0.15) is 0 Å². The van der Waals surface area contributed by atoms with Gasteiger partial charge in [-0.05, 0) is 44.2 Å². The summed E-state index contributed by atoms with van der Waals surface area (Å²) in [5, 5.41) is 15.6. The summed E-state index contributed by atoms with van der Waals surface area (Å²) < 4.78 is 16.8. The second-order valence-electron chi connectivity index (χ2n) is 7.69. The van der Waals surface area contributed by atoms with E-state index in [0.717, 1.165) is 22.3 Å². The van der Waals surface area contributed by atoms with Crippen molar-refractivity contribution in [2.24, 2.45) is 0 Å². The predicted molar refractivity (Wildman–Crippen MR) is 129 cm³/mol. The van der Waals surface area contributed by atoms with Gasteiger partial charge >= 0.3 is 0 Å². The fraction of sp³-hybridized carbons (Fsp3) is 0.231. The Bertz CT molecular complexity index is 1310. The highest BCUT2D eigenvalue weighted by Crippen LogP contribution is 2.46. The van der Waals surface area contributed by atoms with Gasteiger partial charge in [-0.3, -0.25) is 0 Å². The first-order valence-corrected chi connectivity index (χ1v) is 10.5. The second kappa shape index (κ2) is 9.24. The van der Waals surface area contributed by atoms with Crippen molar-refractivity contribution >= 4 is 16.7 Å². The molecule has 170 valence electrons. The molecule has 0 aliphatic heterocycles. The van der Waals surface area contributed by atoms with Crippen molar-refractivity contribution in [3.63, 3.8) is 0 Å². The Labute approximate surface area is 193 Å². The number of aryl methyl sites for hydroxylation is 2. The number of anilines is 1. The highest BCUT2D eigenvalue weighted by atomic mass is 16.5. The van der Waals surface area contributed by atoms with Crippen molar-refractivity contribution < 1.29 is 19.3 Å². The molecule has 2 aromatic heterocycles. The van der Waals surface area contributed by atoms with E-state index in [1.165, 1.54) is 0 Å². The third-order valence-electron chi connectivity index (χ3n) is 5.54. The van der Waals surface area contributed by atoms with Crippen LogP contribution in [0.4, 0.5) is 5.82 Å². The van der Waals surface area contributed by atoms with Crippen molar-refractivity contribution in [2.45, 2.75) is 19.9 Å². The lowest BCUT2D eigenvalue weighted by Gasteiger charge is -2.25. The van der Waals surface area contributed by atoms with Gasteiger partial charge in [-0.15, -0.1) is 0 Å². The monoisotopic (exact) mass is 445 g/mol. The first-order valence-electron chi connectivity index (χ1n) is 10.5. The number of hydrogen-bond donors (Lipinski definition) is 2. The van der Waals surface area contributed by atoms with Gasteiger partial charge in [0.15, 0.2) is 11.5 Å². The average molecular weight is 446 g/mol. The lowest BCUT2D eigenvalue weighted by molar-refractivity contribution is 0.321. The SMILES string of the molecule is COc1ccc(C(Nc2cccc(C)n2)c2ccc3ccc(C)nc3c2O)c(OC)c1OC. The summed E-state index contributed by atoms with van der Waals surface area (Å²) in [6.07, 6.45) is 0. The summed E-state index contributed by atoms with van der Waals surface area (Å²) >= 11 is 0. The van der Waals surface area contributed by atoms with E-state index < -0.39 is 6.04 Å². The van der Waals surface area contributed by atoms with E-state index in [0.29, 0.717) is 34.1 Å². The minimum Gasteiger partial charge on any atom is -0.505 e. The Morgan fingerprint density at radius 2 is 1.45 bits per heavy atom. The zero-order valence-electron chi connectivity index (χ0n) is 19.3. The third-order valence-corrected chi connectivity index (χ3v) is 5.54. The molecule has 0 radical (unpaired) electrons. The molecule has 33 heavy (non-hydrogen) atoms. The summed E-state index contributed by atoms with van der Waals surface area (Å²) in [5.74, 6) is 2.27. The van der Waals surface area contributed by atoms with E-state index in [9.17, 15) is 5.11 Å². The number of fused-ring (bicyclic) bond motifs is 1. The van der Waals surface area contributed by atoms with Crippen LogP contribution >= 0.6 is 0 Å². The Kier molecular flexibility index (Phi) is 6.22. The smallest absolute Gasteiger partial charge is 0.203 e. The number of ether oxygens (including phenoxy) is 3. The lowest BCUT2D eigenvalue weighted by Crippen LogP contribution is -2.15. The molecule has 4 aromatic rings. The van der Waals surface area contributed by atoms with Crippen LogP contribution in [0.2, 0.25) is 0 Å². The highest BCUT2D eigenvalue weighted by molar-refractivity contribution is 5.86. The molecular formula is C26H27N3O4. The molecule has 0 saturated carbocycles. The first-order chi connectivity index (χ1) is 16.0. The summed E-state index contributed by atoms with van der Waals surface area (Å²) in [4.78, 5) is 9.16. The van der Waals surface area contributed by atoms with E-state index in [1.54, 1.807) is 21.3 Å². The Morgan fingerprint density at radius 3 is 2.15 bits per heavy atom. The van der Waals surface area contributed by atoms with Gasteiger partial charge < -0.3 is 24.6 Å². The van der Waals surface area contributed by atoms with Crippen LogP contribution in [0.3, 0.4) is 0 Å². The highest BCUT2D eigenvalue weighted by Gasteiger charge is 2.27. The molecule has 0 fully saturated rings. The molecule has 2 N–H and O–H groups in total. The molecule has 0 saturated heterocycles. The molecule has 7 heteroatoms. The van der Waals surface area contributed by atoms with Gasteiger partial charge in [-0.1, -0.05) is 24.3 Å². The molecule has 0 amide bonds. The number of pyridine rings is 2. The number of aromatic nitrogens is 2. The first kappa shape index (κ1) is 22.2. The Balaban J connectivity index is 1.96. The van der Waals surface area contributed by atoms with E-state index >= 15 is 0 Å². The molecule has 0 aliphatic rings. The molecule has 2 heterocycles. The fourth-order valence-corrected chi connectivity index (χ4v) is 3.97. The van der Waals surface area contributed by atoms with E-state index in [2.05, 4.69) is 15.3 Å². The van der Waals surface area contributed by atoms with Crippen LogP contribution in [0, 0.1) is 13.8 Å². The lowest BCUT2D eigenvalue weighted by atomic mass is 9.94. The predicted octanol–water partition coefficient (Wildman–Crippen LogP) is 5.18. The zero-order chi connectivity index (χ0) is 23.5. The number of phenols is 1. The number of rotatable bonds is 7. The Hall–Kier alpha value is -4.00. The normalized spacial score (nSPS) is 11.8. The van der Waals surface area contributed by atoms with E-state index in [4.69, 9.17) is 14.2 Å². The summed E-state index contributed by atoms with van der Waals surface area (Å²) in [6, 6.07) is 16.6. The Morgan fingerprint density at radius 1 is 0.758 bits per heavy atom. The maximum Gasteiger partial charge on any atom is 0.203 e.